The van der Waals surface area contributed by atoms with Crippen molar-refractivity contribution >= 4 is 12.1 Å². The van der Waals surface area contributed by atoms with Crippen molar-refractivity contribution in [1.29, 1.82) is 0 Å². The molecule has 0 bridgehead atoms. The number of aryl methyl sites for hydroxylation is 1. The number of ether oxygens (including phenoxy) is 3. The van der Waals surface area contributed by atoms with Crippen molar-refractivity contribution in [1.82, 2.24) is 0 Å². The number of benzene rings is 1. The van der Waals surface area contributed by atoms with Crippen LogP contribution in [-0.2, 0) is 20.6 Å². The number of esters is 1. The van der Waals surface area contributed by atoms with Gasteiger partial charge in [-0.3, -0.25) is 0 Å². The van der Waals surface area contributed by atoms with Crippen molar-refractivity contribution in [2.45, 2.75) is 59.0 Å². The van der Waals surface area contributed by atoms with E-state index in [2.05, 4.69) is 11.7 Å². The van der Waals surface area contributed by atoms with Gasteiger partial charge in [0.2, 0.25) is 0 Å². The molecule has 0 aliphatic heterocycles. The van der Waals surface area contributed by atoms with E-state index >= 15 is 0 Å². The van der Waals surface area contributed by atoms with E-state index in [9.17, 15) is 9.59 Å². The molecule has 1 atom stereocenters. The van der Waals surface area contributed by atoms with E-state index in [1.165, 1.54) is 5.56 Å². The monoisotopic (exact) mass is 336 g/mol. The second-order valence-electron chi connectivity index (χ2n) is 5.69. The molecule has 0 aromatic heterocycles. The minimum Gasteiger partial charge on any atom is -0.459 e. The molecule has 1 aromatic rings. The summed E-state index contributed by atoms with van der Waals surface area (Å²) in [7, 11) is 0. The molecule has 0 aliphatic carbocycles. The third-order valence-corrected chi connectivity index (χ3v) is 3.55. The van der Waals surface area contributed by atoms with Crippen LogP contribution in [0.15, 0.2) is 24.3 Å². The van der Waals surface area contributed by atoms with E-state index in [0.717, 1.165) is 19.3 Å². The first kappa shape index (κ1) is 20.0. The van der Waals surface area contributed by atoms with E-state index in [1.54, 1.807) is 6.92 Å². The Balaban J connectivity index is 2.29. The Morgan fingerprint density at radius 1 is 1.04 bits per heavy atom. The average Bonchev–Trinajstić information content (AvgIpc) is 2.57. The summed E-state index contributed by atoms with van der Waals surface area (Å²) in [5.74, 6) is -0.323. The zero-order valence-electron chi connectivity index (χ0n) is 14.9. The predicted molar refractivity (Wildman–Crippen MR) is 92.1 cm³/mol. The molecule has 134 valence electrons. The lowest BCUT2D eigenvalue weighted by atomic mass is 10.1. The van der Waals surface area contributed by atoms with E-state index in [-0.39, 0.29) is 18.7 Å². The summed E-state index contributed by atoms with van der Waals surface area (Å²) in [6, 6.07) is 7.57. The molecule has 0 fully saturated rings. The summed E-state index contributed by atoms with van der Waals surface area (Å²) in [5.41, 5.74) is 1.79. The first-order chi connectivity index (χ1) is 11.6. The Kier molecular flexibility index (Phi) is 9.58. The van der Waals surface area contributed by atoms with Crippen molar-refractivity contribution in [3.05, 3.63) is 35.4 Å². The highest BCUT2D eigenvalue weighted by atomic mass is 16.7. The normalized spacial score (nSPS) is 11.6. The highest BCUT2D eigenvalue weighted by molar-refractivity contribution is 5.89. The Morgan fingerprint density at radius 3 is 2.38 bits per heavy atom. The molecule has 0 saturated carbocycles. The zero-order chi connectivity index (χ0) is 17.8. The first-order valence-corrected chi connectivity index (χ1v) is 8.66. The van der Waals surface area contributed by atoms with Gasteiger partial charge in [-0.1, -0.05) is 25.5 Å². The molecule has 0 heterocycles. The van der Waals surface area contributed by atoms with Gasteiger partial charge in [-0.25, -0.2) is 9.59 Å². The van der Waals surface area contributed by atoms with Gasteiger partial charge in [0, 0.05) is 0 Å². The largest absolute Gasteiger partial charge is 0.508 e. The Bertz CT molecular complexity index is 495. The van der Waals surface area contributed by atoms with Crippen molar-refractivity contribution in [2.24, 2.45) is 0 Å². The standard InChI is InChI=1S/C19H28O5/c1-4-6-9-16-10-12-17(13-11-16)18(20)24-15(3)8-7-14-23-19(21)22-5-2/h10-13,15H,4-9,14H2,1-3H3. The number of hydrogen-bond donors (Lipinski definition) is 0. The topological polar surface area (TPSA) is 61.8 Å². The van der Waals surface area contributed by atoms with Gasteiger partial charge in [0.1, 0.15) is 0 Å². The van der Waals surface area contributed by atoms with Gasteiger partial charge in [-0.15, -0.1) is 0 Å². The molecule has 0 radical (unpaired) electrons. The van der Waals surface area contributed by atoms with Crippen LogP contribution in [-0.4, -0.2) is 31.4 Å². The molecule has 0 saturated heterocycles. The maximum Gasteiger partial charge on any atom is 0.508 e. The lowest BCUT2D eigenvalue weighted by molar-refractivity contribution is 0.0276. The van der Waals surface area contributed by atoms with Gasteiger partial charge in [-0.2, -0.15) is 0 Å². The molecule has 1 unspecified atom stereocenters. The van der Waals surface area contributed by atoms with Crippen LogP contribution in [0.3, 0.4) is 0 Å². The lowest BCUT2D eigenvalue weighted by Gasteiger charge is -2.13. The number of carbonyl (C=O) groups excluding carboxylic acids is 2. The fourth-order valence-corrected chi connectivity index (χ4v) is 2.18. The summed E-state index contributed by atoms with van der Waals surface area (Å²) >= 11 is 0. The summed E-state index contributed by atoms with van der Waals surface area (Å²) in [6.45, 7) is 6.26. The molecule has 24 heavy (non-hydrogen) atoms. The quantitative estimate of drug-likeness (QED) is 0.464. The minimum atomic E-state index is -0.662. The van der Waals surface area contributed by atoms with Crippen LogP contribution in [0.5, 0.6) is 0 Å². The Hall–Kier alpha value is -2.04. The number of unbranched alkanes of at least 4 members (excludes halogenated alkanes) is 1. The molecule has 1 rings (SSSR count). The molecular weight excluding hydrogens is 308 g/mol. The van der Waals surface area contributed by atoms with Crippen molar-refractivity contribution < 1.29 is 23.8 Å². The highest BCUT2D eigenvalue weighted by Crippen LogP contribution is 2.11. The molecule has 0 amide bonds. The lowest BCUT2D eigenvalue weighted by Crippen LogP contribution is -2.16. The van der Waals surface area contributed by atoms with Crippen LogP contribution >= 0.6 is 0 Å². The molecular formula is C19H28O5. The van der Waals surface area contributed by atoms with Crippen LogP contribution in [0.2, 0.25) is 0 Å². The zero-order valence-corrected chi connectivity index (χ0v) is 14.9. The summed E-state index contributed by atoms with van der Waals surface area (Å²) in [6.07, 6.45) is 3.68. The van der Waals surface area contributed by atoms with Gasteiger partial charge in [0.15, 0.2) is 0 Å². The van der Waals surface area contributed by atoms with Crippen LogP contribution in [0.4, 0.5) is 4.79 Å². The van der Waals surface area contributed by atoms with Gasteiger partial charge in [0.25, 0.3) is 0 Å². The Labute approximate surface area is 144 Å². The van der Waals surface area contributed by atoms with E-state index in [0.29, 0.717) is 25.0 Å². The summed E-state index contributed by atoms with van der Waals surface area (Å²) in [4.78, 5) is 23.1. The van der Waals surface area contributed by atoms with Gasteiger partial charge >= 0.3 is 12.1 Å². The molecule has 1 aromatic carbocycles. The van der Waals surface area contributed by atoms with E-state index in [1.807, 2.05) is 31.2 Å². The van der Waals surface area contributed by atoms with Crippen molar-refractivity contribution in [2.75, 3.05) is 13.2 Å². The fourth-order valence-electron chi connectivity index (χ4n) is 2.18. The number of hydrogen-bond acceptors (Lipinski definition) is 5. The SMILES string of the molecule is CCCCc1ccc(C(=O)OC(C)CCCOC(=O)OCC)cc1. The second kappa shape index (κ2) is 11.5. The van der Waals surface area contributed by atoms with Crippen LogP contribution in [0.25, 0.3) is 0 Å². The smallest absolute Gasteiger partial charge is 0.459 e. The molecule has 5 nitrogen and oxygen atoms in total. The molecule has 0 spiro atoms. The minimum absolute atomic E-state index is 0.233. The van der Waals surface area contributed by atoms with Crippen LogP contribution < -0.4 is 0 Å². The predicted octanol–water partition coefficient (Wildman–Crippen LogP) is 4.53. The van der Waals surface area contributed by atoms with Crippen LogP contribution in [0.1, 0.15) is 62.4 Å². The Morgan fingerprint density at radius 2 is 1.75 bits per heavy atom. The van der Waals surface area contributed by atoms with Gasteiger partial charge in [-0.05, 0) is 57.2 Å². The van der Waals surface area contributed by atoms with Crippen LogP contribution in [0, 0.1) is 0 Å². The van der Waals surface area contributed by atoms with E-state index < -0.39 is 6.16 Å². The number of carbonyl (C=O) groups is 2. The maximum absolute atomic E-state index is 12.1. The average molecular weight is 336 g/mol. The third kappa shape index (κ3) is 7.99. The summed E-state index contributed by atoms with van der Waals surface area (Å²) in [5, 5.41) is 0. The van der Waals surface area contributed by atoms with Gasteiger partial charge < -0.3 is 14.2 Å². The van der Waals surface area contributed by atoms with E-state index in [4.69, 9.17) is 9.47 Å². The molecule has 0 aliphatic rings. The summed E-state index contributed by atoms with van der Waals surface area (Å²) < 4.78 is 14.9. The third-order valence-electron chi connectivity index (χ3n) is 3.55. The highest BCUT2D eigenvalue weighted by Gasteiger charge is 2.12. The van der Waals surface area contributed by atoms with Gasteiger partial charge in [0.05, 0.1) is 24.9 Å². The number of rotatable bonds is 10. The molecule has 5 heteroatoms. The molecule has 0 N–H and O–H groups in total. The second-order valence-corrected chi connectivity index (χ2v) is 5.69. The first-order valence-electron chi connectivity index (χ1n) is 8.66. The fraction of sp³-hybridized carbons (Fsp3) is 0.579. The van der Waals surface area contributed by atoms with Crippen molar-refractivity contribution in [3.63, 3.8) is 0 Å². The van der Waals surface area contributed by atoms with Crippen molar-refractivity contribution in [3.8, 4) is 0 Å². The maximum atomic E-state index is 12.1.